The minimum absolute atomic E-state index is 0. The summed E-state index contributed by atoms with van der Waals surface area (Å²) < 4.78 is 9.89. The molecule has 2 saturated heterocycles. The zero-order valence-corrected chi connectivity index (χ0v) is 26.7. The van der Waals surface area contributed by atoms with Crippen LogP contribution in [0.3, 0.4) is 0 Å². The minimum Gasteiger partial charge on any atom is -1.00 e. The van der Waals surface area contributed by atoms with Crippen molar-refractivity contribution in [1.82, 2.24) is 0 Å². The van der Waals surface area contributed by atoms with Gasteiger partial charge in [0.15, 0.2) is 0 Å². The zero-order chi connectivity index (χ0) is 22.2. The maximum Gasteiger partial charge on any atom is 4.00 e. The molecule has 0 spiro atoms. The number of hydrogen-bond donors (Lipinski definition) is 0. The van der Waals surface area contributed by atoms with Crippen LogP contribution in [-0.2, 0) is 35.7 Å². The van der Waals surface area contributed by atoms with Crippen LogP contribution in [0.5, 0.6) is 0 Å². The molecule has 2 aliphatic heterocycles. The summed E-state index contributed by atoms with van der Waals surface area (Å²) in [5.74, 6) is 0. The first-order valence-electron chi connectivity index (χ1n) is 11.0. The summed E-state index contributed by atoms with van der Waals surface area (Å²) in [5.41, 5.74) is 7.38. The summed E-state index contributed by atoms with van der Waals surface area (Å²) in [6.07, 6.45) is 5.11. The minimum atomic E-state index is 0. The van der Waals surface area contributed by atoms with E-state index in [4.69, 9.17) is 9.47 Å². The molecule has 0 bridgehead atoms. The van der Waals surface area contributed by atoms with Gasteiger partial charge in [0.2, 0.25) is 0 Å². The Hall–Kier alpha value is -0.197. The molecule has 4 rings (SSSR count). The first kappa shape index (κ1) is 37.4. The average Bonchev–Trinajstić information content (AvgIpc) is 3.52. The van der Waals surface area contributed by atoms with Crippen LogP contribution >= 0.6 is 0 Å². The molecule has 0 unspecified atom stereocenters. The van der Waals surface area contributed by atoms with E-state index in [9.17, 15) is 0 Å². The van der Waals surface area contributed by atoms with Crippen LogP contribution in [0.1, 0.15) is 47.9 Å². The number of halogens is 2. The molecule has 7 heteroatoms. The Balaban J connectivity index is -0.000000368. The van der Waals surface area contributed by atoms with E-state index in [0.717, 1.165) is 37.8 Å². The maximum absolute atomic E-state index is 4.94. The second kappa shape index (κ2) is 23.5. The fourth-order valence-electron chi connectivity index (χ4n) is 2.98. The quantitative estimate of drug-likeness (QED) is 0.489. The predicted octanol–water partition coefficient (Wildman–Crippen LogP) is 1.48. The summed E-state index contributed by atoms with van der Waals surface area (Å²) >= 11 is 0. The van der Waals surface area contributed by atoms with E-state index < -0.39 is 0 Å². The van der Waals surface area contributed by atoms with Crippen molar-refractivity contribution in [1.29, 1.82) is 0 Å². The summed E-state index contributed by atoms with van der Waals surface area (Å²) in [6.45, 7) is 12.4. The largest absolute Gasteiger partial charge is 4.00 e. The summed E-state index contributed by atoms with van der Waals surface area (Å²) in [4.78, 5) is 0. The molecule has 2 aromatic rings. The van der Waals surface area contributed by atoms with Crippen molar-refractivity contribution >= 4 is 11.4 Å². The van der Waals surface area contributed by atoms with Gasteiger partial charge in [-0.1, -0.05) is 47.5 Å². The van der Waals surface area contributed by atoms with Crippen LogP contribution in [0.4, 0.5) is 11.4 Å². The van der Waals surface area contributed by atoms with Gasteiger partial charge < -0.3 is 54.1 Å². The molecule has 2 aromatic carbocycles. The number of aryl methyl sites for hydroxylation is 2. The Kier molecular flexibility index (Phi) is 26.6. The monoisotopic (exact) mass is 660 g/mol. The molecule has 0 radical (unpaired) electrons. The Bertz CT molecular complexity index is 649. The van der Waals surface area contributed by atoms with Crippen molar-refractivity contribution in [3.05, 3.63) is 69.3 Å². The van der Waals surface area contributed by atoms with Crippen molar-refractivity contribution in [3.63, 3.8) is 0 Å². The average molecular weight is 664 g/mol. The molecule has 33 heavy (non-hydrogen) atoms. The summed E-state index contributed by atoms with van der Waals surface area (Å²) in [5, 5.41) is 8.26. The van der Waals surface area contributed by atoms with E-state index in [-0.39, 0.29) is 60.2 Å². The molecule has 0 aliphatic carbocycles. The third-order valence-electron chi connectivity index (χ3n) is 5.29. The van der Waals surface area contributed by atoms with Crippen LogP contribution < -0.4 is 34.0 Å². The second-order valence-electron chi connectivity index (χ2n) is 7.52. The molecule has 2 fully saturated rings. The molecule has 0 N–H and O–H groups in total. The van der Waals surface area contributed by atoms with E-state index in [1.54, 1.807) is 0 Å². The number of ether oxygens (including phenoxy) is 2. The van der Waals surface area contributed by atoms with Crippen LogP contribution in [0, 0.1) is 27.7 Å². The Labute approximate surface area is 242 Å². The van der Waals surface area contributed by atoms with Crippen molar-refractivity contribution in [2.75, 3.05) is 40.5 Å². The van der Waals surface area contributed by atoms with Gasteiger partial charge in [-0.2, -0.15) is 0 Å². The Morgan fingerprint density at radius 1 is 0.576 bits per heavy atom. The van der Waals surface area contributed by atoms with Gasteiger partial charge in [-0.25, -0.2) is 0 Å². The summed E-state index contributed by atoms with van der Waals surface area (Å²) in [6, 6.07) is 12.3. The standard InChI is InChI=1S/2C9H12N.2C4H8O.2BrH.Zr/c2*1-7-5-4-6-9(10-3)8(7)2;2*1-2-4-5-3-1;;;/h2*4-6H,1-3H3;2*1-4H2;2*1H;/q2*-1;;;;;+4/p-2. The van der Waals surface area contributed by atoms with E-state index in [1.165, 1.54) is 47.9 Å². The molecule has 2 heterocycles. The van der Waals surface area contributed by atoms with Crippen molar-refractivity contribution < 1.29 is 69.6 Å². The normalized spacial score (nSPS) is 13.0. The molecular weight excluding hydrogens is 623 g/mol. The number of rotatable bonds is 2. The van der Waals surface area contributed by atoms with Gasteiger partial charge in [0, 0.05) is 26.4 Å². The van der Waals surface area contributed by atoms with Crippen LogP contribution in [0.15, 0.2) is 36.4 Å². The van der Waals surface area contributed by atoms with Crippen LogP contribution in [-0.4, -0.2) is 40.5 Å². The molecular formula is C26H40Br2N2O2Zr. The zero-order valence-electron chi connectivity index (χ0n) is 21.1. The van der Waals surface area contributed by atoms with Crippen molar-refractivity contribution in [2.45, 2.75) is 53.4 Å². The van der Waals surface area contributed by atoms with Gasteiger partial charge in [-0.3, -0.25) is 0 Å². The Morgan fingerprint density at radius 3 is 1.06 bits per heavy atom. The fraction of sp³-hybridized carbons (Fsp3) is 0.538. The van der Waals surface area contributed by atoms with Crippen LogP contribution in [0.25, 0.3) is 10.6 Å². The van der Waals surface area contributed by atoms with Crippen LogP contribution in [0.2, 0.25) is 0 Å². The third-order valence-corrected chi connectivity index (χ3v) is 5.29. The van der Waals surface area contributed by atoms with Gasteiger partial charge >= 0.3 is 26.2 Å². The van der Waals surface area contributed by atoms with Gasteiger partial charge in [-0.05, 0) is 64.5 Å². The SMILES string of the molecule is C1CCOC1.C1CCOC1.C[N-]c1cccc(C)c1C.C[N-]c1cccc(C)c1C.[Br-].[Br-].[Zr+4]. The van der Waals surface area contributed by atoms with E-state index in [0.29, 0.717) is 0 Å². The fourth-order valence-corrected chi connectivity index (χ4v) is 2.98. The topological polar surface area (TPSA) is 46.7 Å². The van der Waals surface area contributed by atoms with Crippen molar-refractivity contribution in [3.8, 4) is 0 Å². The first-order valence-corrected chi connectivity index (χ1v) is 11.0. The first-order chi connectivity index (χ1) is 14.5. The molecule has 0 amide bonds. The van der Waals surface area contributed by atoms with E-state index in [2.05, 4.69) is 50.5 Å². The van der Waals surface area contributed by atoms with Gasteiger partial charge in [-0.15, -0.1) is 25.5 Å². The molecule has 0 saturated carbocycles. The van der Waals surface area contributed by atoms with Crippen molar-refractivity contribution in [2.24, 2.45) is 0 Å². The number of nitrogens with zero attached hydrogens (tertiary/aromatic N) is 2. The third kappa shape index (κ3) is 16.2. The van der Waals surface area contributed by atoms with Gasteiger partial charge in [0.1, 0.15) is 0 Å². The van der Waals surface area contributed by atoms with Gasteiger partial charge in [0.05, 0.1) is 0 Å². The Morgan fingerprint density at radius 2 is 0.879 bits per heavy atom. The van der Waals surface area contributed by atoms with E-state index >= 15 is 0 Å². The predicted molar refractivity (Wildman–Crippen MR) is 130 cm³/mol. The van der Waals surface area contributed by atoms with Gasteiger partial charge in [0.25, 0.3) is 0 Å². The number of hydrogen-bond acceptors (Lipinski definition) is 2. The number of benzene rings is 2. The molecule has 2 aliphatic rings. The molecule has 0 atom stereocenters. The smallest absolute Gasteiger partial charge is 1.00 e. The molecule has 0 aromatic heterocycles. The molecule has 4 nitrogen and oxygen atoms in total. The second-order valence-corrected chi connectivity index (χ2v) is 7.52. The van der Waals surface area contributed by atoms with E-state index in [1.807, 2.05) is 38.4 Å². The maximum atomic E-state index is 4.94. The molecule has 184 valence electrons. The summed E-state index contributed by atoms with van der Waals surface area (Å²) in [7, 11) is 3.64.